The van der Waals surface area contributed by atoms with Crippen molar-refractivity contribution in [2.75, 3.05) is 26.5 Å². The van der Waals surface area contributed by atoms with Crippen LogP contribution in [0.1, 0.15) is 18.4 Å². The van der Waals surface area contributed by atoms with Crippen LogP contribution in [0.15, 0.2) is 27.8 Å². The molecule has 2 unspecified atom stereocenters. The minimum atomic E-state index is -3.00. The third-order valence-electron chi connectivity index (χ3n) is 4.61. The van der Waals surface area contributed by atoms with Crippen molar-refractivity contribution in [1.29, 1.82) is 0 Å². The molecule has 0 aliphatic carbocycles. The van der Waals surface area contributed by atoms with Crippen LogP contribution in [0.4, 0.5) is 8.78 Å². The quantitative estimate of drug-likeness (QED) is 0.505. The monoisotopic (exact) mass is 445 g/mol. The summed E-state index contributed by atoms with van der Waals surface area (Å²) in [6, 6.07) is -1.57. The maximum atomic E-state index is 14.1. The van der Waals surface area contributed by atoms with Gasteiger partial charge in [0, 0.05) is 36.5 Å². The molecule has 0 saturated carbocycles. The highest BCUT2D eigenvalue weighted by Gasteiger charge is 2.48. The van der Waals surface area contributed by atoms with Gasteiger partial charge in [-0.1, -0.05) is 11.9 Å². The molecular formula is C17H21F2N5O3S2. The number of aliphatic imine (C=N–C) groups is 1. The van der Waals surface area contributed by atoms with Crippen molar-refractivity contribution >= 4 is 41.0 Å². The van der Waals surface area contributed by atoms with Crippen molar-refractivity contribution in [2.45, 2.75) is 31.4 Å². The lowest BCUT2D eigenvalue weighted by Gasteiger charge is -2.29. The number of ether oxygens (including phenoxy) is 1. The second kappa shape index (κ2) is 8.76. The number of methoxy groups -OCH3 is 1. The number of carbonyl (C=O) groups is 2. The standard InChI is InChI=1S/C17H21F2N5O3S2/c1-9-12(16(26)27-2)10(22-13(21-9)15-20-4-5-29-15)7-24-8-17(18,19)6-11(24)14(25)23-28-3/h4-5,9,11H,6-8H2,1-3H3,(H,21,22)(H,23,25). The molecule has 0 spiro atoms. The first-order chi connectivity index (χ1) is 13.8. The van der Waals surface area contributed by atoms with Crippen LogP contribution in [0.5, 0.6) is 0 Å². The number of halogens is 2. The maximum Gasteiger partial charge on any atom is 0.337 e. The van der Waals surface area contributed by atoms with Gasteiger partial charge < -0.3 is 10.1 Å². The molecule has 1 saturated heterocycles. The average Bonchev–Trinajstić information content (AvgIpc) is 3.29. The SMILES string of the molecule is COC(=O)C1=C(CN2CC(F)(F)CC2C(=O)NSC)NC(c2nccs2)=NC1C. The van der Waals surface area contributed by atoms with E-state index in [1.54, 1.807) is 24.8 Å². The van der Waals surface area contributed by atoms with Gasteiger partial charge in [0.25, 0.3) is 5.92 Å². The van der Waals surface area contributed by atoms with E-state index in [1.165, 1.54) is 23.3 Å². The summed E-state index contributed by atoms with van der Waals surface area (Å²) in [6.45, 7) is 1.08. The Labute approximate surface area is 174 Å². The summed E-state index contributed by atoms with van der Waals surface area (Å²) in [7, 11) is 1.25. The van der Waals surface area contributed by atoms with E-state index >= 15 is 0 Å². The molecule has 0 aromatic carbocycles. The van der Waals surface area contributed by atoms with Crippen molar-refractivity contribution in [3.8, 4) is 0 Å². The fourth-order valence-electron chi connectivity index (χ4n) is 3.41. The molecule has 1 amide bonds. The Hall–Kier alpha value is -2.05. The minimum absolute atomic E-state index is 0.0543. The van der Waals surface area contributed by atoms with Gasteiger partial charge in [0.15, 0.2) is 10.8 Å². The zero-order valence-electron chi connectivity index (χ0n) is 16.1. The summed E-state index contributed by atoms with van der Waals surface area (Å²) in [5.74, 6) is -3.64. The molecule has 12 heteroatoms. The number of hydrogen-bond acceptors (Lipinski definition) is 9. The molecule has 2 aliphatic heterocycles. The number of likely N-dealkylation sites (tertiary alicyclic amines) is 1. The second-order valence-corrected chi connectivity index (χ2v) is 8.16. The second-order valence-electron chi connectivity index (χ2n) is 6.65. The van der Waals surface area contributed by atoms with Gasteiger partial charge in [-0.05, 0) is 6.92 Å². The van der Waals surface area contributed by atoms with E-state index in [1.807, 2.05) is 0 Å². The number of nitrogens with zero attached hydrogens (tertiary/aromatic N) is 3. The van der Waals surface area contributed by atoms with E-state index in [0.717, 1.165) is 11.9 Å². The number of esters is 1. The number of aromatic nitrogens is 1. The molecule has 3 rings (SSSR count). The van der Waals surface area contributed by atoms with Crippen LogP contribution >= 0.6 is 23.3 Å². The van der Waals surface area contributed by atoms with Gasteiger partial charge in [-0.3, -0.25) is 19.4 Å². The Kier molecular flexibility index (Phi) is 6.54. The van der Waals surface area contributed by atoms with E-state index < -0.39 is 42.8 Å². The Morgan fingerprint density at radius 1 is 1.52 bits per heavy atom. The van der Waals surface area contributed by atoms with Crippen molar-refractivity contribution in [2.24, 2.45) is 4.99 Å². The van der Waals surface area contributed by atoms with Crippen LogP contribution in [-0.4, -0.2) is 72.1 Å². The molecule has 1 fully saturated rings. The van der Waals surface area contributed by atoms with Gasteiger partial charge in [-0.2, -0.15) is 0 Å². The molecule has 3 heterocycles. The number of alkyl halides is 2. The summed E-state index contributed by atoms with van der Waals surface area (Å²) in [5, 5.41) is 5.45. The minimum Gasteiger partial charge on any atom is -0.466 e. The van der Waals surface area contributed by atoms with Gasteiger partial charge in [-0.25, -0.2) is 18.6 Å². The molecule has 2 atom stereocenters. The molecule has 8 nitrogen and oxygen atoms in total. The molecule has 2 N–H and O–H groups in total. The van der Waals surface area contributed by atoms with Crippen molar-refractivity contribution < 1.29 is 23.1 Å². The van der Waals surface area contributed by atoms with Gasteiger partial charge >= 0.3 is 5.97 Å². The van der Waals surface area contributed by atoms with Crippen molar-refractivity contribution in [3.05, 3.63) is 27.9 Å². The van der Waals surface area contributed by atoms with E-state index in [-0.39, 0.29) is 12.1 Å². The highest BCUT2D eigenvalue weighted by molar-refractivity contribution is 7.97. The first-order valence-corrected chi connectivity index (χ1v) is 10.9. The van der Waals surface area contributed by atoms with Crippen LogP contribution in [0.2, 0.25) is 0 Å². The summed E-state index contributed by atoms with van der Waals surface area (Å²) in [5.41, 5.74) is 0.622. The molecular weight excluding hydrogens is 424 g/mol. The molecule has 0 bridgehead atoms. The zero-order chi connectivity index (χ0) is 21.2. The van der Waals surface area contributed by atoms with E-state index in [4.69, 9.17) is 4.74 Å². The third-order valence-corrected chi connectivity index (χ3v) is 5.79. The largest absolute Gasteiger partial charge is 0.466 e. The zero-order valence-corrected chi connectivity index (χ0v) is 17.7. The lowest BCUT2D eigenvalue weighted by molar-refractivity contribution is -0.136. The number of carbonyl (C=O) groups excluding carboxylic acids is 2. The van der Waals surface area contributed by atoms with Crippen LogP contribution < -0.4 is 10.0 Å². The normalized spacial score (nSPS) is 24.1. The number of amides is 1. The van der Waals surface area contributed by atoms with Crippen LogP contribution in [0.3, 0.4) is 0 Å². The summed E-state index contributed by atoms with van der Waals surface area (Å²) < 4.78 is 35.6. The van der Waals surface area contributed by atoms with E-state index in [0.29, 0.717) is 16.5 Å². The van der Waals surface area contributed by atoms with Gasteiger partial charge in [0.1, 0.15) is 0 Å². The van der Waals surface area contributed by atoms with Gasteiger partial charge in [0.2, 0.25) is 5.91 Å². The lowest BCUT2D eigenvalue weighted by atomic mass is 10.0. The molecule has 29 heavy (non-hydrogen) atoms. The molecule has 158 valence electrons. The molecule has 1 aromatic rings. The molecule has 0 radical (unpaired) electrons. The van der Waals surface area contributed by atoms with E-state index in [2.05, 4.69) is 20.0 Å². The predicted molar refractivity (Wildman–Crippen MR) is 107 cm³/mol. The van der Waals surface area contributed by atoms with Crippen molar-refractivity contribution in [1.82, 2.24) is 19.9 Å². The summed E-state index contributed by atoms with van der Waals surface area (Å²) in [4.78, 5) is 34.7. The third kappa shape index (κ3) is 4.75. The van der Waals surface area contributed by atoms with Crippen LogP contribution in [-0.2, 0) is 14.3 Å². The fraction of sp³-hybridized carbons (Fsp3) is 0.529. The average molecular weight is 446 g/mol. The first-order valence-electron chi connectivity index (χ1n) is 8.76. The number of thiazole rings is 1. The Morgan fingerprint density at radius 2 is 2.28 bits per heavy atom. The Morgan fingerprint density at radius 3 is 2.90 bits per heavy atom. The van der Waals surface area contributed by atoms with Crippen LogP contribution in [0, 0.1) is 0 Å². The maximum absolute atomic E-state index is 14.1. The molecule has 2 aliphatic rings. The lowest BCUT2D eigenvalue weighted by Crippen LogP contribution is -2.46. The van der Waals surface area contributed by atoms with E-state index in [9.17, 15) is 18.4 Å². The van der Waals surface area contributed by atoms with Crippen LogP contribution in [0.25, 0.3) is 0 Å². The fourth-order valence-corrected chi connectivity index (χ4v) is 4.34. The molecule has 1 aromatic heterocycles. The van der Waals surface area contributed by atoms with Gasteiger partial charge in [-0.15, -0.1) is 11.3 Å². The first kappa shape index (κ1) is 21.7. The number of nitrogens with one attached hydrogen (secondary N) is 2. The highest BCUT2D eigenvalue weighted by atomic mass is 32.2. The Balaban J connectivity index is 1.91. The highest BCUT2D eigenvalue weighted by Crippen LogP contribution is 2.33. The Bertz CT molecular complexity index is 844. The number of amidine groups is 1. The summed E-state index contributed by atoms with van der Waals surface area (Å²) in [6.07, 6.45) is 2.69. The summed E-state index contributed by atoms with van der Waals surface area (Å²) >= 11 is 2.41. The predicted octanol–water partition coefficient (Wildman–Crippen LogP) is 1.41. The van der Waals surface area contributed by atoms with Crippen molar-refractivity contribution in [3.63, 3.8) is 0 Å². The van der Waals surface area contributed by atoms with Gasteiger partial charge in [0.05, 0.1) is 31.3 Å². The topological polar surface area (TPSA) is 95.9 Å². The smallest absolute Gasteiger partial charge is 0.337 e. The number of rotatable bonds is 6. The number of hydrogen-bond donors (Lipinski definition) is 2.